The van der Waals surface area contributed by atoms with Crippen molar-refractivity contribution in [1.82, 2.24) is 29.6 Å². The van der Waals surface area contributed by atoms with Crippen LogP contribution in [0.5, 0.6) is 0 Å². The molecule has 21 heavy (non-hydrogen) atoms. The highest BCUT2D eigenvalue weighted by atomic mass is 35.5. The van der Waals surface area contributed by atoms with Crippen LogP contribution < -0.4 is 5.32 Å². The SMILES string of the molecule is Clc1nc(NC2CCN3CCCC23)nc(-n2cccn2)n1. The number of aromatic nitrogens is 5. The third-order valence-electron chi connectivity index (χ3n) is 4.23. The average molecular weight is 306 g/mol. The molecule has 2 unspecified atom stereocenters. The van der Waals surface area contributed by atoms with Gasteiger partial charge in [-0.2, -0.15) is 20.1 Å². The topological polar surface area (TPSA) is 71.8 Å². The van der Waals surface area contributed by atoms with Crippen LogP contribution in [0.3, 0.4) is 0 Å². The molecule has 0 radical (unpaired) electrons. The summed E-state index contributed by atoms with van der Waals surface area (Å²) in [5, 5.41) is 7.73. The maximum absolute atomic E-state index is 6.01. The van der Waals surface area contributed by atoms with E-state index in [-0.39, 0.29) is 5.28 Å². The zero-order valence-corrected chi connectivity index (χ0v) is 12.2. The normalized spacial score (nSPS) is 25.2. The van der Waals surface area contributed by atoms with Crippen LogP contribution in [0, 0.1) is 0 Å². The maximum Gasteiger partial charge on any atom is 0.256 e. The Morgan fingerprint density at radius 1 is 1.19 bits per heavy atom. The predicted octanol–water partition coefficient (Wildman–Crippen LogP) is 1.36. The third kappa shape index (κ3) is 2.47. The van der Waals surface area contributed by atoms with Crippen LogP contribution in [-0.2, 0) is 0 Å². The first-order valence-electron chi connectivity index (χ1n) is 7.22. The minimum absolute atomic E-state index is 0.180. The Balaban J connectivity index is 1.58. The van der Waals surface area contributed by atoms with Crippen molar-refractivity contribution in [3.8, 4) is 5.95 Å². The number of rotatable bonds is 3. The Kier molecular flexibility index (Phi) is 3.23. The summed E-state index contributed by atoms with van der Waals surface area (Å²) in [5.74, 6) is 0.961. The second-order valence-electron chi connectivity index (χ2n) is 5.46. The summed E-state index contributed by atoms with van der Waals surface area (Å²) in [6.45, 7) is 2.35. The van der Waals surface area contributed by atoms with Crippen LogP contribution in [0.2, 0.25) is 5.28 Å². The number of hydrogen-bond donors (Lipinski definition) is 1. The molecule has 2 aliphatic rings. The fourth-order valence-corrected chi connectivity index (χ4v) is 3.47. The van der Waals surface area contributed by atoms with Crippen LogP contribution >= 0.6 is 11.6 Å². The molecule has 1 N–H and O–H groups in total. The summed E-state index contributed by atoms with van der Waals surface area (Å²) in [6.07, 6.45) is 7.09. The largest absolute Gasteiger partial charge is 0.350 e. The lowest BCUT2D eigenvalue weighted by Gasteiger charge is -2.21. The lowest BCUT2D eigenvalue weighted by molar-refractivity contribution is 0.318. The van der Waals surface area contributed by atoms with Crippen molar-refractivity contribution in [1.29, 1.82) is 0 Å². The Bertz CT molecular complexity index is 629. The van der Waals surface area contributed by atoms with E-state index in [0.29, 0.717) is 24.0 Å². The van der Waals surface area contributed by atoms with Crippen molar-refractivity contribution in [3.05, 3.63) is 23.7 Å². The molecule has 4 heterocycles. The number of nitrogens with one attached hydrogen (secondary N) is 1. The highest BCUT2D eigenvalue weighted by Gasteiger charge is 2.37. The van der Waals surface area contributed by atoms with Crippen LogP contribution in [0.25, 0.3) is 5.95 Å². The fourth-order valence-electron chi connectivity index (χ4n) is 3.31. The number of anilines is 1. The van der Waals surface area contributed by atoms with Crippen molar-refractivity contribution in [2.75, 3.05) is 18.4 Å². The summed E-state index contributed by atoms with van der Waals surface area (Å²) < 4.78 is 1.58. The van der Waals surface area contributed by atoms with E-state index in [4.69, 9.17) is 11.6 Å². The fraction of sp³-hybridized carbons (Fsp3) is 0.538. The van der Waals surface area contributed by atoms with Crippen molar-refractivity contribution in [3.63, 3.8) is 0 Å². The molecule has 110 valence electrons. The summed E-state index contributed by atoms with van der Waals surface area (Å²) in [5.41, 5.74) is 0. The molecule has 0 saturated carbocycles. The molecule has 7 nitrogen and oxygen atoms in total. The van der Waals surface area contributed by atoms with Gasteiger partial charge in [0.1, 0.15) is 0 Å². The van der Waals surface area contributed by atoms with Gasteiger partial charge in [-0.05, 0) is 43.5 Å². The molecule has 0 spiro atoms. The van der Waals surface area contributed by atoms with Gasteiger partial charge in [0, 0.05) is 31.0 Å². The second kappa shape index (κ2) is 5.23. The van der Waals surface area contributed by atoms with Crippen LogP contribution in [0.15, 0.2) is 18.5 Å². The second-order valence-corrected chi connectivity index (χ2v) is 5.80. The van der Waals surface area contributed by atoms with E-state index in [1.807, 2.05) is 6.07 Å². The molecule has 2 atom stereocenters. The van der Waals surface area contributed by atoms with E-state index in [2.05, 4.69) is 30.3 Å². The molecule has 8 heteroatoms. The Morgan fingerprint density at radius 2 is 2.14 bits per heavy atom. The van der Waals surface area contributed by atoms with Gasteiger partial charge in [0.2, 0.25) is 11.2 Å². The van der Waals surface area contributed by atoms with Crippen molar-refractivity contribution in [2.24, 2.45) is 0 Å². The molecule has 2 aromatic rings. The Labute approximate surface area is 127 Å². The molecule has 2 aromatic heterocycles. The van der Waals surface area contributed by atoms with E-state index in [1.165, 1.54) is 19.4 Å². The summed E-state index contributed by atoms with van der Waals surface area (Å²) >= 11 is 6.01. The lowest BCUT2D eigenvalue weighted by Crippen LogP contribution is -2.34. The first-order chi connectivity index (χ1) is 10.3. The van der Waals surface area contributed by atoms with Gasteiger partial charge in [0.05, 0.1) is 0 Å². The summed E-state index contributed by atoms with van der Waals surface area (Å²) in [7, 11) is 0. The molecule has 0 aromatic carbocycles. The van der Waals surface area contributed by atoms with Gasteiger partial charge < -0.3 is 5.32 Å². The van der Waals surface area contributed by atoms with E-state index < -0.39 is 0 Å². The molecule has 0 aliphatic carbocycles. The quantitative estimate of drug-likeness (QED) is 0.923. The maximum atomic E-state index is 6.01. The van der Waals surface area contributed by atoms with Crippen molar-refractivity contribution < 1.29 is 0 Å². The Morgan fingerprint density at radius 3 is 3.00 bits per heavy atom. The highest BCUT2D eigenvalue weighted by molar-refractivity contribution is 6.28. The molecule has 2 aliphatic heterocycles. The first-order valence-corrected chi connectivity index (χ1v) is 7.59. The highest BCUT2D eigenvalue weighted by Crippen LogP contribution is 2.29. The molecular weight excluding hydrogens is 290 g/mol. The molecule has 0 bridgehead atoms. The van der Waals surface area contributed by atoms with E-state index in [1.54, 1.807) is 17.1 Å². The minimum Gasteiger partial charge on any atom is -0.350 e. The van der Waals surface area contributed by atoms with Gasteiger partial charge in [-0.3, -0.25) is 4.90 Å². The molecule has 0 amide bonds. The van der Waals surface area contributed by atoms with Gasteiger partial charge in [0.25, 0.3) is 5.95 Å². The number of halogens is 1. The van der Waals surface area contributed by atoms with Gasteiger partial charge >= 0.3 is 0 Å². The van der Waals surface area contributed by atoms with Crippen LogP contribution in [0.4, 0.5) is 5.95 Å². The van der Waals surface area contributed by atoms with Gasteiger partial charge in [0.15, 0.2) is 0 Å². The van der Waals surface area contributed by atoms with Gasteiger partial charge in [-0.1, -0.05) is 0 Å². The minimum atomic E-state index is 0.180. The number of hydrogen-bond acceptors (Lipinski definition) is 6. The zero-order chi connectivity index (χ0) is 14.2. The Hall–Kier alpha value is -1.73. The monoisotopic (exact) mass is 305 g/mol. The summed E-state index contributed by atoms with van der Waals surface area (Å²) in [4.78, 5) is 15.3. The predicted molar refractivity (Wildman–Crippen MR) is 78.6 cm³/mol. The van der Waals surface area contributed by atoms with Crippen molar-refractivity contribution >= 4 is 17.5 Å². The van der Waals surface area contributed by atoms with E-state index in [0.717, 1.165) is 13.0 Å². The molecular formula is C13H16ClN7. The van der Waals surface area contributed by atoms with Gasteiger partial charge in [-0.15, -0.1) is 0 Å². The van der Waals surface area contributed by atoms with E-state index in [9.17, 15) is 0 Å². The van der Waals surface area contributed by atoms with E-state index >= 15 is 0 Å². The van der Waals surface area contributed by atoms with Crippen LogP contribution in [0.1, 0.15) is 19.3 Å². The molecule has 2 saturated heterocycles. The zero-order valence-electron chi connectivity index (χ0n) is 11.5. The standard InChI is InChI=1S/C13H16ClN7/c14-11-17-12(19-13(18-11)21-7-2-5-15-21)16-9-4-8-20-6-1-3-10(9)20/h2,5,7,9-10H,1,3-4,6,8H2,(H,16,17,18,19). The lowest BCUT2D eigenvalue weighted by atomic mass is 10.1. The molecule has 2 fully saturated rings. The molecule has 4 rings (SSSR count). The third-order valence-corrected chi connectivity index (χ3v) is 4.40. The first kappa shape index (κ1) is 13.0. The number of fused-ring (bicyclic) bond motifs is 1. The summed E-state index contributed by atoms with van der Waals surface area (Å²) in [6, 6.07) is 2.79. The van der Waals surface area contributed by atoms with Gasteiger partial charge in [-0.25, -0.2) is 4.68 Å². The van der Waals surface area contributed by atoms with Crippen molar-refractivity contribution in [2.45, 2.75) is 31.3 Å². The smallest absolute Gasteiger partial charge is 0.256 e. The van der Waals surface area contributed by atoms with Crippen LogP contribution in [-0.4, -0.2) is 54.8 Å². The number of nitrogens with zero attached hydrogens (tertiary/aromatic N) is 6. The average Bonchev–Trinajstić information content (AvgIpc) is 3.16.